The first kappa shape index (κ1) is 13.3. The second-order valence-electron chi connectivity index (χ2n) is 3.99. The van der Waals surface area contributed by atoms with E-state index in [9.17, 15) is 0 Å². The van der Waals surface area contributed by atoms with Gasteiger partial charge in [-0.15, -0.1) is 0 Å². The average Bonchev–Trinajstić information content (AvgIpc) is 2.27. The molecule has 0 aliphatic carbocycles. The lowest BCUT2D eigenvalue weighted by Gasteiger charge is -2.12. The minimum absolute atomic E-state index is 0.212. The van der Waals surface area contributed by atoms with Gasteiger partial charge in [0.2, 0.25) is 0 Å². The first-order valence-electron chi connectivity index (χ1n) is 5.68. The van der Waals surface area contributed by atoms with Crippen molar-refractivity contribution in [1.82, 2.24) is 0 Å². The molecule has 0 unspecified atom stereocenters. The molecule has 0 atom stereocenters. The molecule has 1 aromatic rings. The first-order valence-corrected chi connectivity index (χ1v) is 6.80. The highest BCUT2D eigenvalue weighted by atomic mass is 79.9. The number of para-hydroxylation sites is 1. The van der Waals surface area contributed by atoms with Crippen molar-refractivity contribution in [3.05, 3.63) is 35.4 Å². The van der Waals surface area contributed by atoms with Gasteiger partial charge in [0.25, 0.3) is 0 Å². The summed E-state index contributed by atoms with van der Waals surface area (Å²) < 4.78 is 5.78. The molecule has 0 saturated carbocycles. The minimum Gasteiger partial charge on any atom is -0.490 e. The Kier molecular flexibility index (Phi) is 5.61. The third-order valence-corrected chi connectivity index (χ3v) is 2.99. The van der Waals surface area contributed by atoms with Gasteiger partial charge in [0.1, 0.15) is 5.75 Å². The number of benzene rings is 1. The zero-order chi connectivity index (χ0) is 12.0. The van der Waals surface area contributed by atoms with Crippen LogP contribution in [0.1, 0.15) is 32.8 Å². The zero-order valence-electron chi connectivity index (χ0n) is 10.2. The zero-order valence-corrected chi connectivity index (χ0v) is 11.8. The van der Waals surface area contributed by atoms with Crippen LogP contribution in [0.3, 0.4) is 0 Å². The van der Waals surface area contributed by atoms with Gasteiger partial charge in [-0.05, 0) is 26.3 Å². The predicted octanol–water partition coefficient (Wildman–Crippen LogP) is 4.66. The number of hydrogen-bond acceptors (Lipinski definition) is 1. The molecule has 0 aliphatic heterocycles. The van der Waals surface area contributed by atoms with Gasteiger partial charge in [-0.3, -0.25) is 0 Å². The Balaban J connectivity index is 2.98. The van der Waals surface area contributed by atoms with Crippen LogP contribution in [0.25, 0.3) is 6.08 Å². The molecule has 1 rings (SSSR count). The first-order chi connectivity index (χ1) is 7.67. The highest BCUT2D eigenvalue weighted by Crippen LogP contribution is 2.23. The fourth-order valence-electron chi connectivity index (χ4n) is 1.42. The van der Waals surface area contributed by atoms with Crippen molar-refractivity contribution in [1.29, 1.82) is 0 Å². The van der Waals surface area contributed by atoms with Crippen LogP contribution in [0.5, 0.6) is 5.75 Å². The van der Waals surface area contributed by atoms with E-state index in [-0.39, 0.29) is 6.10 Å². The molecule has 0 bridgehead atoms. The Labute approximate surface area is 107 Å². The van der Waals surface area contributed by atoms with E-state index in [1.165, 1.54) is 5.57 Å². The van der Waals surface area contributed by atoms with Crippen LogP contribution < -0.4 is 4.74 Å². The molecule has 0 radical (unpaired) electrons. The minimum atomic E-state index is 0.212. The number of hydrogen-bond donors (Lipinski definition) is 0. The second kappa shape index (κ2) is 6.74. The van der Waals surface area contributed by atoms with Crippen LogP contribution in [0.2, 0.25) is 0 Å². The molecule has 0 aromatic heterocycles. The van der Waals surface area contributed by atoms with E-state index in [1.54, 1.807) is 0 Å². The summed E-state index contributed by atoms with van der Waals surface area (Å²) in [7, 11) is 0. The van der Waals surface area contributed by atoms with E-state index < -0.39 is 0 Å². The van der Waals surface area contributed by atoms with Crippen molar-refractivity contribution in [2.45, 2.75) is 33.3 Å². The van der Waals surface area contributed by atoms with Crippen molar-refractivity contribution in [2.24, 2.45) is 0 Å². The summed E-state index contributed by atoms with van der Waals surface area (Å²) in [6, 6.07) is 8.17. The third-order valence-electron chi connectivity index (χ3n) is 2.27. The van der Waals surface area contributed by atoms with Crippen LogP contribution in [-0.4, -0.2) is 11.4 Å². The predicted molar refractivity (Wildman–Crippen MR) is 74.3 cm³/mol. The largest absolute Gasteiger partial charge is 0.490 e. The van der Waals surface area contributed by atoms with Gasteiger partial charge in [0.15, 0.2) is 0 Å². The molecule has 0 spiro atoms. The second-order valence-corrected chi connectivity index (χ2v) is 4.55. The Morgan fingerprint density at radius 2 is 2.06 bits per heavy atom. The molecular formula is C14H19BrO. The summed E-state index contributed by atoms with van der Waals surface area (Å²) in [5.74, 6) is 0.962. The van der Waals surface area contributed by atoms with Crippen molar-refractivity contribution in [2.75, 3.05) is 5.33 Å². The molecule has 16 heavy (non-hydrogen) atoms. The number of allylic oxidation sites excluding steroid dienone is 1. The SMILES string of the molecule is CCC(=Cc1ccccc1OC(C)C)CBr. The van der Waals surface area contributed by atoms with Crippen LogP contribution in [0, 0.1) is 0 Å². The molecule has 0 aliphatic rings. The van der Waals surface area contributed by atoms with Crippen LogP contribution in [-0.2, 0) is 0 Å². The Morgan fingerprint density at radius 1 is 1.38 bits per heavy atom. The van der Waals surface area contributed by atoms with E-state index in [0.29, 0.717) is 0 Å². The molecule has 0 amide bonds. The quantitative estimate of drug-likeness (QED) is 0.714. The Hall–Kier alpha value is -0.760. The smallest absolute Gasteiger partial charge is 0.126 e. The van der Waals surface area contributed by atoms with E-state index in [2.05, 4.69) is 35.0 Å². The normalized spacial score (nSPS) is 11.9. The molecule has 2 heteroatoms. The van der Waals surface area contributed by atoms with Gasteiger partial charge < -0.3 is 4.74 Å². The number of ether oxygens (including phenoxy) is 1. The Bertz CT molecular complexity index is 350. The summed E-state index contributed by atoms with van der Waals surface area (Å²) >= 11 is 3.50. The molecular weight excluding hydrogens is 264 g/mol. The average molecular weight is 283 g/mol. The summed E-state index contributed by atoms with van der Waals surface area (Å²) in [6.45, 7) is 6.26. The van der Waals surface area contributed by atoms with Gasteiger partial charge in [-0.25, -0.2) is 0 Å². The van der Waals surface area contributed by atoms with E-state index in [1.807, 2.05) is 32.0 Å². The highest BCUT2D eigenvalue weighted by Gasteiger charge is 2.03. The number of rotatable bonds is 5. The number of alkyl halides is 1. The lowest BCUT2D eigenvalue weighted by Crippen LogP contribution is -2.06. The summed E-state index contributed by atoms with van der Waals surface area (Å²) in [4.78, 5) is 0. The summed E-state index contributed by atoms with van der Waals surface area (Å²) in [6.07, 6.45) is 3.47. The molecule has 0 saturated heterocycles. The Morgan fingerprint density at radius 3 is 2.62 bits per heavy atom. The third kappa shape index (κ3) is 4.01. The highest BCUT2D eigenvalue weighted by molar-refractivity contribution is 9.09. The summed E-state index contributed by atoms with van der Waals surface area (Å²) in [5.41, 5.74) is 2.53. The maximum absolute atomic E-state index is 5.78. The fourth-order valence-corrected chi connectivity index (χ4v) is 1.97. The van der Waals surface area contributed by atoms with Gasteiger partial charge in [-0.1, -0.05) is 52.7 Å². The lowest BCUT2D eigenvalue weighted by molar-refractivity contribution is 0.242. The summed E-state index contributed by atoms with van der Waals surface area (Å²) in [5, 5.41) is 0.916. The number of halogens is 1. The van der Waals surface area contributed by atoms with Gasteiger partial charge >= 0.3 is 0 Å². The van der Waals surface area contributed by atoms with Crippen molar-refractivity contribution in [3.63, 3.8) is 0 Å². The van der Waals surface area contributed by atoms with E-state index in [0.717, 1.165) is 23.1 Å². The lowest BCUT2D eigenvalue weighted by atomic mass is 10.1. The standard InChI is InChI=1S/C14H19BrO/c1-4-12(10-15)9-13-7-5-6-8-14(13)16-11(2)3/h5-9,11H,4,10H2,1-3H3. The van der Waals surface area contributed by atoms with Crippen LogP contribution >= 0.6 is 15.9 Å². The molecule has 1 nitrogen and oxygen atoms in total. The van der Waals surface area contributed by atoms with E-state index >= 15 is 0 Å². The fraction of sp³-hybridized carbons (Fsp3) is 0.429. The van der Waals surface area contributed by atoms with Gasteiger partial charge in [-0.2, -0.15) is 0 Å². The van der Waals surface area contributed by atoms with Crippen LogP contribution in [0.15, 0.2) is 29.8 Å². The molecule has 88 valence electrons. The van der Waals surface area contributed by atoms with E-state index in [4.69, 9.17) is 4.74 Å². The topological polar surface area (TPSA) is 9.23 Å². The molecule has 0 N–H and O–H groups in total. The van der Waals surface area contributed by atoms with Crippen molar-refractivity contribution >= 4 is 22.0 Å². The molecule has 0 fully saturated rings. The monoisotopic (exact) mass is 282 g/mol. The van der Waals surface area contributed by atoms with Gasteiger partial charge in [0, 0.05) is 10.9 Å². The maximum atomic E-state index is 5.78. The van der Waals surface area contributed by atoms with Crippen molar-refractivity contribution < 1.29 is 4.74 Å². The maximum Gasteiger partial charge on any atom is 0.126 e. The van der Waals surface area contributed by atoms with Crippen molar-refractivity contribution in [3.8, 4) is 5.75 Å². The van der Waals surface area contributed by atoms with Gasteiger partial charge in [0.05, 0.1) is 6.10 Å². The molecule has 0 heterocycles. The van der Waals surface area contributed by atoms with Crippen LogP contribution in [0.4, 0.5) is 0 Å². The molecule has 1 aromatic carbocycles.